The monoisotopic (exact) mass is 461 g/mol. The van der Waals surface area contributed by atoms with Crippen molar-refractivity contribution in [3.63, 3.8) is 0 Å². The maximum absolute atomic E-state index is 11.6. The smallest absolute Gasteiger partial charge is 0.335 e. The summed E-state index contributed by atoms with van der Waals surface area (Å²) >= 11 is 0. The van der Waals surface area contributed by atoms with E-state index in [1.165, 1.54) is 87.4 Å². The Hall–Kier alpha value is -2.49. The quantitative estimate of drug-likeness (QED) is 0.452. The molecule has 4 nitrogen and oxygen atoms in total. The first-order chi connectivity index (χ1) is 16.6. The molecule has 0 saturated heterocycles. The molecule has 3 aliphatic carbocycles. The zero-order valence-electron chi connectivity index (χ0n) is 20.6. The van der Waals surface area contributed by atoms with Crippen LogP contribution in [0, 0.1) is 0 Å². The number of rotatable bonds is 7. The van der Waals surface area contributed by atoms with Gasteiger partial charge in [-0.15, -0.1) is 0 Å². The number of aromatic carboxylic acids is 1. The van der Waals surface area contributed by atoms with Crippen molar-refractivity contribution in [2.45, 2.75) is 101 Å². The number of nitrogens with zero attached hydrogens (tertiary/aromatic N) is 1. The molecule has 0 bridgehead atoms. The van der Waals surface area contributed by atoms with Crippen LogP contribution < -0.4 is 9.64 Å². The Labute approximate surface area is 204 Å². The molecule has 0 radical (unpaired) electrons. The summed E-state index contributed by atoms with van der Waals surface area (Å²) in [4.78, 5) is 14.1. The van der Waals surface area contributed by atoms with Crippen molar-refractivity contribution in [1.29, 1.82) is 0 Å². The summed E-state index contributed by atoms with van der Waals surface area (Å²) in [6.07, 6.45) is 16.9. The number of carboxylic acid groups (broad SMARTS) is 1. The number of anilines is 2. The predicted octanol–water partition coefficient (Wildman–Crippen LogP) is 8.18. The van der Waals surface area contributed by atoms with Gasteiger partial charge in [-0.1, -0.05) is 44.6 Å². The van der Waals surface area contributed by atoms with Gasteiger partial charge in [0, 0.05) is 11.7 Å². The fourth-order valence-electron chi connectivity index (χ4n) is 6.34. The lowest BCUT2D eigenvalue weighted by atomic mass is 9.79. The van der Waals surface area contributed by atoms with Crippen molar-refractivity contribution in [2.24, 2.45) is 0 Å². The van der Waals surface area contributed by atoms with E-state index in [2.05, 4.69) is 23.1 Å². The lowest BCUT2D eigenvalue weighted by molar-refractivity contribution is 0.0696. The lowest BCUT2D eigenvalue weighted by Gasteiger charge is -2.41. The van der Waals surface area contributed by atoms with Crippen LogP contribution in [-0.4, -0.2) is 24.2 Å². The number of ether oxygens (including phenoxy) is 1. The number of methoxy groups -OCH3 is 1. The minimum absolute atomic E-state index is 0.271. The van der Waals surface area contributed by atoms with Crippen LogP contribution in [0.3, 0.4) is 0 Å². The van der Waals surface area contributed by atoms with Gasteiger partial charge in [0.1, 0.15) is 5.75 Å². The Morgan fingerprint density at radius 2 is 1.38 bits per heavy atom. The maximum Gasteiger partial charge on any atom is 0.335 e. The van der Waals surface area contributed by atoms with Gasteiger partial charge in [0.05, 0.1) is 18.4 Å². The fourth-order valence-corrected chi connectivity index (χ4v) is 6.34. The van der Waals surface area contributed by atoms with Gasteiger partial charge in [-0.05, 0) is 98.2 Å². The van der Waals surface area contributed by atoms with Crippen molar-refractivity contribution >= 4 is 17.3 Å². The number of hydrogen-bond donors (Lipinski definition) is 1. The van der Waals surface area contributed by atoms with Crippen LogP contribution in [0.5, 0.6) is 5.75 Å². The van der Waals surface area contributed by atoms with Crippen molar-refractivity contribution in [2.75, 3.05) is 12.0 Å². The van der Waals surface area contributed by atoms with E-state index in [1.54, 1.807) is 19.2 Å². The van der Waals surface area contributed by atoms with Gasteiger partial charge in [0.15, 0.2) is 0 Å². The van der Waals surface area contributed by atoms with Crippen LogP contribution >= 0.6 is 0 Å². The second-order valence-electron chi connectivity index (χ2n) is 10.7. The van der Waals surface area contributed by atoms with Gasteiger partial charge in [-0.2, -0.15) is 0 Å². The van der Waals surface area contributed by atoms with E-state index in [9.17, 15) is 9.90 Å². The minimum atomic E-state index is -0.918. The van der Waals surface area contributed by atoms with Crippen LogP contribution in [0.25, 0.3) is 0 Å². The van der Waals surface area contributed by atoms with Gasteiger partial charge in [0.25, 0.3) is 0 Å². The Bertz CT molecular complexity index is 964. The number of carbonyl (C=O) groups is 1. The van der Waals surface area contributed by atoms with E-state index < -0.39 is 5.97 Å². The summed E-state index contributed by atoms with van der Waals surface area (Å²) in [6.45, 7) is 0. The van der Waals surface area contributed by atoms with Crippen LogP contribution in [0.2, 0.25) is 0 Å². The first kappa shape index (κ1) is 23.3. The lowest BCUT2D eigenvalue weighted by Crippen LogP contribution is -2.37. The highest BCUT2D eigenvalue weighted by Gasteiger charge is 2.31. The highest BCUT2D eigenvalue weighted by atomic mass is 16.5. The topological polar surface area (TPSA) is 49.8 Å². The highest BCUT2D eigenvalue weighted by molar-refractivity contribution is 5.89. The Morgan fingerprint density at radius 3 is 1.85 bits per heavy atom. The Morgan fingerprint density at radius 1 is 0.794 bits per heavy atom. The summed E-state index contributed by atoms with van der Waals surface area (Å²) in [5.74, 6) is 1.05. The largest absolute Gasteiger partial charge is 0.495 e. The van der Waals surface area contributed by atoms with Crippen molar-refractivity contribution in [3.8, 4) is 5.75 Å². The number of benzene rings is 2. The van der Waals surface area contributed by atoms with Gasteiger partial charge in [0.2, 0.25) is 0 Å². The normalized spacial score (nSPS) is 20.0. The molecular formula is C30H39NO3. The summed E-state index contributed by atoms with van der Waals surface area (Å²) in [7, 11) is 1.65. The molecule has 5 rings (SSSR count). The second-order valence-corrected chi connectivity index (χ2v) is 10.7. The molecule has 0 amide bonds. The Kier molecular flexibility index (Phi) is 7.12. The molecule has 3 saturated carbocycles. The van der Waals surface area contributed by atoms with Crippen LogP contribution in [-0.2, 0) is 0 Å². The fraction of sp³-hybridized carbons (Fsp3) is 0.567. The molecule has 0 aromatic heterocycles. The number of hydrogen-bond acceptors (Lipinski definition) is 3. The molecule has 2 aromatic carbocycles. The Balaban J connectivity index is 1.60. The zero-order valence-corrected chi connectivity index (χ0v) is 20.6. The molecule has 3 fully saturated rings. The highest BCUT2D eigenvalue weighted by Crippen LogP contribution is 2.45. The van der Waals surface area contributed by atoms with Gasteiger partial charge in [-0.3, -0.25) is 0 Å². The molecule has 182 valence electrons. The molecule has 0 heterocycles. The van der Waals surface area contributed by atoms with Gasteiger partial charge >= 0.3 is 5.97 Å². The second kappa shape index (κ2) is 10.4. The first-order valence-corrected chi connectivity index (χ1v) is 13.5. The van der Waals surface area contributed by atoms with Crippen LogP contribution in [0.4, 0.5) is 11.4 Å². The van der Waals surface area contributed by atoms with Gasteiger partial charge in [-0.25, -0.2) is 4.79 Å². The average Bonchev–Trinajstić information content (AvgIpc) is 2.86. The van der Waals surface area contributed by atoms with E-state index in [1.807, 2.05) is 6.07 Å². The molecule has 3 aliphatic rings. The molecule has 1 N–H and O–H groups in total. The first-order valence-electron chi connectivity index (χ1n) is 13.5. The summed E-state index contributed by atoms with van der Waals surface area (Å²) in [5.41, 5.74) is 5.57. The maximum atomic E-state index is 11.6. The molecule has 0 spiro atoms. The van der Waals surface area contributed by atoms with Crippen molar-refractivity contribution in [1.82, 2.24) is 0 Å². The van der Waals surface area contributed by atoms with E-state index in [4.69, 9.17) is 4.74 Å². The van der Waals surface area contributed by atoms with Crippen molar-refractivity contribution < 1.29 is 14.6 Å². The third-order valence-electron chi connectivity index (χ3n) is 8.52. The molecule has 0 atom stereocenters. The molecular weight excluding hydrogens is 422 g/mol. The minimum Gasteiger partial charge on any atom is -0.495 e. The van der Waals surface area contributed by atoms with E-state index in [0.29, 0.717) is 23.6 Å². The van der Waals surface area contributed by atoms with E-state index in [0.717, 1.165) is 18.5 Å². The van der Waals surface area contributed by atoms with Crippen molar-refractivity contribution in [3.05, 3.63) is 53.1 Å². The van der Waals surface area contributed by atoms with E-state index in [-0.39, 0.29) is 5.56 Å². The SMILES string of the molecule is COc1cc(C(=O)O)ccc1N(c1cc(C2CCCCC2)cc(C2CCCCC2)c1)C1CCC1. The molecule has 2 aromatic rings. The third kappa shape index (κ3) is 4.82. The average molecular weight is 462 g/mol. The summed E-state index contributed by atoms with van der Waals surface area (Å²) in [5, 5.41) is 9.51. The third-order valence-corrected chi connectivity index (χ3v) is 8.52. The summed E-state index contributed by atoms with van der Waals surface area (Å²) < 4.78 is 5.75. The molecule has 0 aliphatic heterocycles. The molecule has 4 heteroatoms. The van der Waals surface area contributed by atoms with Crippen LogP contribution in [0.15, 0.2) is 36.4 Å². The molecule has 34 heavy (non-hydrogen) atoms. The van der Waals surface area contributed by atoms with Crippen LogP contribution in [0.1, 0.15) is 117 Å². The summed E-state index contributed by atoms with van der Waals surface area (Å²) in [6, 6.07) is 13.2. The zero-order chi connectivity index (χ0) is 23.5. The number of carboxylic acids is 1. The predicted molar refractivity (Wildman–Crippen MR) is 138 cm³/mol. The van der Waals surface area contributed by atoms with Gasteiger partial charge < -0.3 is 14.7 Å². The van der Waals surface area contributed by atoms with E-state index >= 15 is 0 Å². The standard InChI is InChI=1S/C30H39NO3/c1-34-29-20-23(30(32)33)15-16-28(29)31(26-13-8-14-26)27-18-24(21-9-4-2-5-10-21)17-25(19-27)22-11-6-3-7-12-22/h15-22,26H,2-14H2,1H3,(H,32,33). The molecule has 0 unspecified atom stereocenters.